The smallest absolute Gasteiger partial charge is 0.133 e. The van der Waals surface area contributed by atoms with Gasteiger partial charge in [0.1, 0.15) is 5.82 Å². The van der Waals surface area contributed by atoms with Gasteiger partial charge in [0, 0.05) is 17.3 Å². The maximum absolute atomic E-state index is 14.0. The lowest BCUT2D eigenvalue weighted by Gasteiger charge is -2.17. The molecular formula is C23H28FNO. The van der Waals surface area contributed by atoms with E-state index in [4.69, 9.17) is 4.74 Å². The van der Waals surface area contributed by atoms with Crippen molar-refractivity contribution in [3.63, 3.8) is 0 Å². The highest BCUT2D eigenvalue weighted by Crippen LogP contribution is 2.17. The lowest BCUT2D eigenvalue weighted by Crippen LogP contribution is -2.25. The van der Waals surface area contributed by atoms with Gasteiger partial charge in [0.2, 0.25) is 0 Å². The zero-order valence-corrected chi connectivity index (χ0v) is 15.9. The molecule has 0 spiro atoms. The Balaban J connectivity index is 0.00000163. The number of hydrogen-bond acceptors (Lipinski definition) is 2. The topological polar surface area (TPSA) is 21.3 Å². The van der Waals surface area contributed by atoms with Crippen LogP contribution in [0.2, 0.25) is 0 Å². The molecule has 0 aromatic heterocycles. The molecule has 0 amide bonds. The van der Waals surface area contributed by atoms with Crippen molar-refractivity contribution in [3.05, 3.63) is 76.8 Å². The number of halogens is 1. The van der Waals surface area contributed by atoms with Crippen LogP contribution in [-0.2, 0) is 4.74 Å². The van der Waals surface area contributed by atoms with Crippen LogP contribution in [0.25, 0.3) is 6.08 Å². The average molecular weight is 353 g/mol. The number of aryl methyl sites for hydroxylation is 1. The Morgan fingerprint density at radius 2 is 2.12 bits per heavy atom. The van der Waals surface area contributed by atoms with Crippen molar-refractivity contribution in [3.8, 4) is 12.8 Å². The fraction of sp³-hybridized carbons (Fsp3) is 0.304. The Morgan fingerprint density at radius 3 is 2.73 bits per heavy atom. The van der Waals surface area contributed by atoms with Crippen LogP contribution < -0.4 is 5.32 Å². The highest BCUT2D eigenvalue weighted by atomic mass is 19.1. The first-order valence-electron chi connectivity index (χ1n) is 8.66. The van der Waals surface area contributed by atoms with Crippen molar-refractivity contribution < 1.29 is 9.13 Å². The molecule has 1 N–H and O–H groups in total. The van der Waals surface area contributed by atoms with Gasteiger partial charge in [0.05, 0.1) is 13.2 Å². The molecule has 1 saturated heterocycles. The van der Waals surface area contributed by atoms with E-state index in [0.29, 0.717) is 11.1 Å². The van der Waals surface area contributed by atoms with Crippen molar-refractivity contribution in [1.82, 2.24) is 5.32 Å². The Hall–Kier alpha value is -2.57. The third-order valence-corrected chi connectivity index (χ3v) is 4.15. The quantitative estimate of drug-likeness (QED) is 0.562. The van der Waals surface area contributed by atoms with E-state index < -0.39 is 0 Å². The first kappa shape index (κ1) is 21.5. The minimum atomic E-state index is -0.185. The summed E-state index contributed by atoms with van der Waals surface area (Å²) in [6.45, 7) is 11.4. The van der Waals surface area contributed by atoms with Gasteiger partial charge in [0.25, 0.3) is 0 Å². The maximum atomic E-state index is 14.0. The molecule has 1 fully saturated rings. The molecule has 0 bridgehead atoms. The van der Waals surface area contributed by atoms with Crippen LogP contribution in [0, 0.1) is 25.6 Å². The second-order valence-electron chi connectivity index (χ2n) is 6.10. The Morgan fingerprint density at radius 1 is 1.38 bits per heavy atom. The van der Waals surface area contributed by atoms with E-state index in [0.717, 1.165) is 25.3 Å². The Kier molecular flexibility index (Phi) is 9.19. The summed E-state index contributed by atoms with van der Waals surface area (Å²) in [5.41, 5.74) is 4.49. The predicted octanol–water partition coefficient (Wildman–Crippen LogP) is 5.18. The summed E-state index contributed by atoms with van der Waals surface area (Å²) in [6.07, 6.45) is 16.9. The second kappa shape index (κ2) is 11.1. The number of ether oxygens (including phenoxy) is 1. The molecule has 1 heterocycles. The highest BCUT2D eigenvalue weighted by molar-refractivity contribution is 5.54. The molecule has 1 aliphatic rings. The zero-order valence-electron chi connectivity index (χ0n) is 15.9. The Bertz CT molecular complexity index is 717. The van der Waals surface area contributed by atoms with Gasteiger partial charge in [-0.2, -0.15) is 0 Å². The molecule has 1 aromatic carbocycles. The van der Waals surface area contributed by atoms with Gasteiger partial charge in [-0.25, -0.2) is 4.39 Å². The largest absolute Gasteiger partial charge is 0.379 e. The van der Waals surface area contributed by atoms with Gasteiger partial charge in [-0.1, -0.05) is 43.0 Å². The standard InChI is InChI=1S/C21H26FNO.C2H2/c1-5-19(13-18-11-12-24-14-18)17(4)23-16(3)9-10-20-8-6-7-15(2)21(20)22;1-2/h5-10,13,17,23H,3,11-12,14H2,1-2,4H3;1-2H/b10-9+,18-13-,19-5+;. The number of rotatable bonds is 6. The second-order valence-corrected chi connectivity index (χ2v) is 6.10. The molecule has 2 rings (SSSR count). The van der Waals surface area contributed by atoms with Gasteiger partial charge in [-0.15, -0.1) is 12.8 Å². The van der Waals surface area contributed by atoms with Crippen molar-refractivity contribution >= 4 is 6.08 Å². The molecule has 2 nitrogen and oxygen atoms in total. The summed E-state index contributed by atoms with van der Waals surface area (Å²) in [4.78, 5) is 0. The van der Waals surface area contributed by atoms with Crippen LogP contribution in [0.3, 0.4) is 0 Å². The van der Waals surface area contributed by atoms with E-state index in [1.165, 1.54) is 11.1 Å². The summed E-state index contributed by atoms with van der Waals surface area (Å²) in [5, 5.41) is 3.35. The molecule has 0 radical (unpaired) electrons. The first-order valence-corrected chi connectivity index (χ1v) is 8.66. The van der Waals surface area contributed by atoms with Gasteiger partial charge < -0.3 is 10.1 Å². The summed E-state index contributed by atoms with van der Waals surface area (Å²) in [6, 6.07) is 5.50. The molecule has 26 heavy (non-hydrogen) atoms. The highest BCUT2D eigenvalue weighted by Gasteiger charge is 2.11. The molecule has 1 aliphatic heterocycles. The molecule has 3 heteroatoms. The van der Waals surface area contributed by atoms with Crippen molar-refractivity contribution in [2.75, 3.05) is 13.2 Å². The lowest BCUT2D eigenvalue weighted by molar-refractivity contribution is 0.204. The van der Waals surface area contributed by atoms with Crippen molar-refractivity contribution in [2.45, 2.75) is 33.2 Å². The summed E-state index contributed by atoms with van der Waals surface area (Å²) >= 11 is 0. The fourth-order valence-corrected chi connectivity index (χ4v) is 2.69. The van der Waals surface area contributed by atoms with Crippen molar-refractivity contribution in [2.24, 2.45) is 0 Å². The van der Waals surface area contributed by atoms with Gasteiger partial charge >= 0.3 is 0 Å². The number of terminal acetylenes is 1. The summed E-state index contributed by atoms with van der Waals surface area (Å²) in [7, 11) is 0. The summed E-state index contributed by atoms with van der Waals surface area (Å²) < 4.78 is 19.4. The van der Waals surface area contributed by atoms with Gasteiger partial charge in [0.15, 0.2) is 0 Å². The molecule has 1 unspecified atom stereocenters. The fourth-order valence-electron chi connectivity index (χ4n) is 2.69. The van der Waals surface area contributed by atoms with E-state index >= 15 is 0 Å². The predicted molar refractivity (Wildman–Crippen MR) is 109 cm³/mol. The van der Waals surface area contributed by atoms with E-state index in [-0.39, 0.29) is 11.9 Å². The third kappa shape index (κ3) is 6.38. The van der Waals surface area contributed by atoms with E-state index in [2.05, 4.69) is 43.8 Å². The van der Waals surface area contributed by atoms with Crippen LogP contribution >= 0.6 is 0 Å². The summed E-state index contributed by atoms with van der Waals surface area (Å²) in [5.74, 6) is -0.185. The minimum Gasteiger partial charge on any atom is -0.379 e. The van der Waals surface area contributed by atoms with Crippen LogP contribution in [0.4, 0.5) is 4.39 Å². The molecule has 1 aromatic rings. The van der Waals surface area contributed by atoms with E-state index in [1.54, 1.807) is 25.1 Å². The minimum absolute atomic E-state index is 0.127. The number of benzene rings is 1. The number of nitrogens with one attached hydrogen (secondary N) is 1. The number of hydrogen-bond donors (Lipinski definition) is 1. The number of allylic oxidation sites excluding steroid dienone is 2. The molecule has 0 saturated carbocycles. The normalized spacial score (nSPS) is 17.0. The van der Waals surface area contributed by atoms with Crippen molar-refractivity contribution in [1.29, 1.82) is 0 Å². The first-order chi connectivity index (χ1) is 12.5. The average Bonchev–Trinajstić information content (AvgIpc) is 3.15. The van der Waals surface area contributed by atoms with E-state index in [1.807, 2.05) is 19.1 Å². The lowest BCUT2D eigenvalue weighted by atomic mass is 10.0. The molecule has 1 atom stereocenters. The molecule has 138 valence electrons. The zero-order chi connectivity index (χ0) is 19.5. The SMILES string of the molecule is C#C.C=C(/C=C/c1cccc(C)c1F)NC(C)C(/C=C1/CCOC1)=C/C. The maximum Gasteiger partial charge on any atom is 0.133 e. The Labute approximate surface area is 157 Å². The third-order valence-electron chi connectivity index (χ3n) is 4.15. The van der Waals surface area contributed by atoms with E-state index in [9.17, 15) is 4.39 Å². The van der Waals surface area contributed by atoms with Gasteiger partial charge in [-0.3, -0.25) is 0 Å². The van der Waals surface area contributed by atoms with Gasteiger partial charge in [-0.05, 0) is 50.0 Å². The molecule has 0 aliphatic carbocycles. The monoisotopic (exact) mass is 353 g/mol. The van der Waals surface area contributed by atoms with Crippen LogP contribution in [0.1, 0.15) is 31.4 Å². The van der Waals surface area contributed by atoms with Crippen LogP contribution in [-0.4, -0.2) is 19.3 Å². The van der Waals surface area contributed by atoms with Crippen LogP contribution in [0.15, 0.2) is 59.8 Å². The molecular weight excluding hydrogens is 325 g/mol. The van der Waals surface area contributed by atoms with Crippen LogP contribution in [0.5, 0.6) is 0 Å².